The molecule has 1 N–H and O–H groups in total. The second kappa shape index (κ2) is 6.86. The van der Waals surface area contributed by atoms with Gasteiger partial charge in [-0.25, -0.2) is 0 Å². The van der Waals surface area contributed by atoms with E-state index in [2.05, 4.69) is 43.1 Å². The SMILES string of the molecule is C=CCSc1ccccc1NCC1CCC(C)O1. The zero-order valence-corrected chi connectivity index (χ0v) is 11.7. The molecule has 2 rings (SSSR count). The van der Waals surface area contributed by atoms with Crippen LogP contribution in [-0.4, -0.2) is 24.5 Å². The molecule has 0 amide bonds. The van der Waals surface area contributed by atoms with E-state index in [9.17, 15) is 0 Å². The second-order valence-corrected chi connectivity index (χ2v) is 5.68. The molecule has 0 saturated carbocycles. The molecular formula is C15H21NOS. The molecule has 1 heterocycles. The maximum Gasteiger partial charge on any atom is 0.0751 e. The van der Waals surface area contributed by atoms with Crippen molar-refractivity contribution >= 4 is 17.4 Å². The normalized spacial score (nSPS) is 22.9. The van der Waals surface area contributed by atoms with Crippen molar-refractivity contribution in [3.05, 3.63) is 36.9 Å². The molecule has 1 fully saturated rings. The van der Waals surface area contributed by atoms with Gasteiger partial charge >= 0.3 is 0 Å². The Labute approximate surface area is 114 Å². The molecule has 1 aliphatic heterocycles. The summed E-state index contributed by atoms with van der Waals surface area (Å²) < 4.78 is 5.82. The topological polar surface area (TPSA) is 21.3 Å². The van der Waals surface area contributed by atoms with Crippen molar-refractivity contribution in [1.29, 1.82) is 0 Å². The average Bonchev–Trinajstić information content (AvgIpc) is 2.81. The monoisotopic (exact) mass is 263 g/mol. The van der Waals surface area contributed by atoms with Gasteiger partial charge in [0.25, 0.3) is 0 Å². The first-order valence-corrected chi connectivity index (χ1v) is 7.50. The van der Waals surface area contributed by atoms with Crippen LogP contribution < -0.4 is 5.32 Å². The third kappa shape index (κ3) is 3.79. The van der Waals surface area contributed by atoms with E-state index in [1.54, 1.807) is 0 Å². The van der Waals surface area contributed by atoms with Crippen LogP contribution in [0.5, 0.6) is 0 Å². The summed E-state index contributed by atoms with van der Waals surface area (Å²) in [6.45, 7) is 6.81. The van der Waals surface area contributed by atoms with Crippen molar-refractivity contribution in [2.24, 2.45) is 0 Å². The minimum absolute atomic E-state index is 0.359. The van der Waals surface area contributed by atoms with E-state index in [0.29, 0.717) is 12.2 Å². The Balaban J connectivity index is 1.89. The first kappa shape index (κ1) is 13.5. The smallest absolute Gasteiger partial charge is 0.0751 e. The maximum absolute atomic E-state index is 5.82. The highest BCUT2D eigenvalue weighted by atomic mass is 32.2. The van der Waals surface area contributed by atoms with E-state index in [1.165, 1.54) is 17.0 Å². The van der Waals surface area contributed by atoms with Crippen molar-refractivity contribution in [3.63, 3.8) is 0 Å². The fraction of sp³-hybridized carbons (Fsp3) is 0.467. The van der Waals surface area contributed by atoms with Crippen molar-refractivity contribution < 1.29 is 4.74 Å². The van der Waals surface area contributed by atoms with E-state index >= 15 is 0 Å². The molecule has 0 bridgehead atoms. The summed E-state index contributed by atoms with van der Waals surface area (Å²) in [7, 11) is 0. The molecule has 1 saturated heterocycles. The van der Waals surface area contributed by atoms with Crippen molar-refractivity contribution in [2.45, 2.75) is 36.9 Å². The minimum atomic E-state index is 0.359. The van der Waals surface area contributed by atoms with E-state index in [0.717, 1.165) is 18.7 Å². The summed E-state index contributed by atoms with van der Waals surface area (Å²) in [6.07, 6.45) is 5.05. The van der Waals surface area contributed by atoms with Gasteiger partial charge in [0, 0.05) is 22.9 Å². The zero-order chi connectivity index (χ0) is 12.8. The van der Waals surface area contributed by atoms with Gasteiger partial charge in [-0.15, -0.1) is 18.3 Å². The van der Waals surface area contributed by atoms with E-state index in [4.69, 9.17) is 4.74 Å². The Bertz CT molecular complexity index is 394. The van der Waals surface area contributed by atoms with Gasteiger partial charge in [0.1, 0.15) is 0 Å². The van der Waals surface area contributed by atoms with E-state index < -0.39 is 0 Å². The first-order valence-electron chi connectivity index (χ1n) is 6.51. The fourth-order valence-corrected chi connectivity index (χ4v) is 2.91. The molecule has 2 unspecified atom stereocenters. The average molecular weight is 263 g/mol. The van der Waals surface area contributed by atoms with Crippen LogP contribution in [0.2, 0.25) is 0 Å². The van der Waals surface area contributed by atoms with Crippen LogP contribution in [0.3, 0.4) is 0 Å². The van der Waals surface area contributed by atoms with Crippen molar-refractivity contribution in [2.75, 3.05) is 17.6 Å². The molecule has 0 spiro atoms. The van der Waals surface area contributed by atoms with Gasteiger partial charge in [0.15, 0.2) is 0 Å². The van der Waals surface area contributed by atoms with Gasteiger partial charge in [-0.2, -0.15) is 0 Å². The lowest BCUT2D eigenvalue weighted by Crippen LogP contribution is -2.19. The summed E-state index contributed by atoms with van der Waals surface area (Å²) in [5, 5.41) is 3.50. The summed E-state index contributed by atoms with van der Waals surface area (Å²) in [6, 6.07) is 8.42. The molecule has 2 nitrogen and oxygen atoms in total. The van der Waals surface area contributed by atoms with Gasteiger partial charge in [0.05, 0.1) is 12.2 Å². The van der Waals surface area contributed by atoms with Gasteiger partial charge in [-0.1, -0.05) is 18.2 Å². The summed E-state index contributed by atoms with van der Waals surface area (Å²) in [4.78, 5) is 1.28. The van der Waals surface area contributed by atoms with Crippen LogP contribution in [0.4, 0.5) is 5.69 Å². The van der Waals surface area contributed by atoms with E-state index in [-0.39, 0.29) is 0 Å². The molecule has 1 aromatic carbocycles. The van der Waals surface area contributed by atoms with Crippen LogP contribution in [0.1, 0.15) is 19.8 Å². The number of nitrogens with one attached hydrogen (secondary N) is 1. The number of hydrogen-bond donors (Lipinski definition) is 1. The highest BCUT2D eigenvalue weighted by molar-refractivity contribution is 7.99. The van der Waals surface area contributed by atoms with Gasteiger partial charge in [-0.05, 0) is 31.9 Å². The largest absolute Gasteiger partial charge is 0.382 e. The highest BCUT2D eigenvalue weighted by Crippen LogP contribution is 2.27. The Hall–Kier alpha value is -0.930. The molecule has 2 atom stereocenters. The molecule has 0 aliphatic carbocycles. The molecule has 1 aromatic rings. The number of hydrogen-bond acceptors (Lipinski definition) is 3. The summed E-state index contributed by atoms with van der Waals surface area (Å²) in [5.74, 6) is 0.940. The lowest BCUT2D eigenvalue weighted by atomic mass is 10.2. The third-order valence-corrected chi connectivity index (χ3v) is 4.15. The summed E-state index contributed by atoms with van der Waals surface area (Å²) >= 11 is 1.81. The molecule has 18 heavy (non-hydrogen) atoms. The number of ether oxygens (including phenoxy) is 1. The van der Waals surface area contributed by atoms with Gasteiger partial charge < -0.3 is 10.1 Å². The quantitative estimate of drug-likeness (QED) is 0.620. The number of thioether (sulfide) groups is 1. The number of para-hydroxylation sites is 1. The molecule has 98 valence electrons. The van der Waals surface area contributed by atoms with Crippen LogP contribution in [0, 0.1) is 0 Å². The predicted molar refractivity (Wildman–Crippen MR) is 79.4 cm³/mol. The second-order valence-electron chi connectivity index (χ2n) is 4.62. The molecule has 1 aliphatic rings. The van der Waals surface area contributed by atoms with E-state index in [1.807, 2.05) is 17.8 Å². The van der Waals surface area contributed by atoms with Crippen LogP contribution in [0.15, 0.2) is 41.8 Å². The Morgan fingerprint density at radius 3 is 3.00 bits per heavy atom. The number of anilines is 1. The Morgan fingerprint density at radius 1 is 1.44 bits per heavy atom. The Kier molecular flexibility index (Phi) is 5.14. The molecule has 0 aromatic heterocycles. The summed E-state index contributed by atoms with van der Waals surface area (Å²) in [5.41, 5.74) is 1.20. The lowest BCUT2D eigenvalue weighted by molar-refractivity contribution is 0.0636. The lowest BCUT2D eigenvalue weighted by Gasteiger charge is -2.15. The maximum atomic E-state index is 5.82. The zero-order valence-electron chi connectivity index (χ0n) is 10.9. The molecule has 0 radical (unpaired) electrons. The van der Waals surface area contributed by atoms with Crippen LogP contribution >= 0.6 is 11.8 Å². The molecule has 3 heteroatoms. The number of benzene rings is 1. The standard InChI is InChI=1S/C15H21NOS/c1-3-10-18-15-7-5-4-6-14(15)16-11-13-9-8-12(2)17-13/h3-7,12-13,16H,1,8-11H2,2H3. The molecular weight excluding hydrogens is 242 g/mol. The minimum Gasteiger partial charge on any atom is -0.382 e. The third-order valence-electron chi connectivity index (χ3n) is 3.08. The van der Waals surface area contributed by atoms with Crippen molar-refractivity contribution in [3.8, 4) is 0 Å². The highest BCUT2D eigenvalue weighted by Gasteiger charge is 2.21. The van der Waals surface area contributed by atoms with Gasteiger partial charge in [-0.3, -0.25) is 0 Å². The van der Waals surface area contributed by atoms with Gasteiger partial charge in [0.2, 0.25) is 0 Å². The fourth-order valence-electron chi connectivity index (χ4n) is 2.15. The first-order chi connectivity index (χ1) is 8.79. The predicted octanol–water partition coefficient (Wildman–Crippen LogP) is 3.94. The van der Waals surface area contributed by atoms with Crippen LogP contribution in [-0.2, 0) is 4.74 Å². The number of rotatable bonds is 6. The van der Waals surface area contributed by atoms with Crippen molar-refractivity contribution in [1.82, 2.24) is 0 Å². The Morgan fingerprint density at radius 2 is 2.28 bits per heavy atom. The van der Waals surface area contributed by atoms with Crippen LogP contribution in [0.25, 0.3) is 0 Å².